The van der Waals surface area contributed by atoms with E-state index in [-0.39, 0.29) is 11.6 Å². The van der Waals surface area contributed by atoms with Crippen molar-refractivity contribution >= 4 is 11.6 Å². The van der Waals surface area contributed by atoms with Gasteiger partial charge in [-0.15, -0.1) is 0 Å². The van der Waals surface area contributed by atoms with Crippen LogP contribution in [0.1, 0.15) is 51.3 Å². The Labute approximate surface area is 173 Å². The van der Waals surface area contributed by atoms with E-state index in [4.69, 9.17) is 0 Å². The lowest BCUT2D eigenvalue weighted by molar-refractivity contribution is -0.137. The number of carbonyl (C=O) groups excluding carboxylic acids is 1. The van der Waals surface area contributed by atoms with Gasteiger partial charge in [0.1, 0.15) is 0 Å². The summed E-state index contributed by atoms with van der Waals surface area (Å²) in [7, 11) is 0. The maximum atomic E-state index is 13.5. The lowest BCUT2D eigenvalue weighted by Gasteiger charge is -2.19. The molecule has 6 heteroatoms. The van der Waals surface area contributed by atoms with Gasteiger partial charge in [0.15, 0.2) is 0 Å². The molecule has 1 heterocycles. The molecule has 2 aromatic carbocycles. The lowest BCUT2D eigenvalue weighted by Crippen LogP contribution is -2.17. The first-order chi connectivity index (χ1) is 14.3. The molecule has 0 saturated heterocycles. The van der Waals surface area contributed by atoms with Crippen LogP contribution in [0, 0.1) is 13.8 Å². The fourth-order valence-electron chi connectivity index (χ4n) is 4.36. The minimum Gasteiger partial charge on any atom is -0.322 e. The van der Waals surface area contributed by atoms with Crippen molar-refractivity contribution < 1.29 is 18.0 Å². The molecular weight excluding hydrogens is 389 g/mol. The number of rotatable bonds is 3. The summed E-state index contributed by atoms with van der Waals surface area (Å²) < 4.78 is 42.1. The normalized spacial score (nSPS) is 13.8. The number of nitrogens with one attached hydrogen (secondary N) is 1. The number of halogens is 3. The third-order valence-electron chi connectivity index (χ3n) is 5.77. The highest BCUT2D eigenvalue weighted by molar-refractivity contribution is 6.06. The van der Waals surface area contributed by atoms with Crippen molar-refractivity contribution in [2.45, 2.75) is 45.7 Å². The number of alkyl halides is 3. The molecule has 30 heavy (non-hydrogen) atoms. The summed E-state index contributed by atoms with van der Waals surface area (Å²) in [5.74, 6) is -0.308. The van der Waals surface area contributed by atoms with Gasteiger partial charge in [-0.25, -0.2) is 0 Å². The number of hydrogen-bond donors (Lipinski definition) is 1. The van der Waals surface area contributed by atoms with Crippen LogP contribution >= 0.6 is 0 Å². The molecular formula is C24H23F3N2O. The highest BCUT2D eigenvalue weighted by Gasteiger charge is 2.34. The zero-order valence-electron chi connectivity index (χ0n) is 16.9. The second kappa shape index (κ2) is 7.67. The number of aromatic nitrogens is 1. The largest absolute Gasteiger partial charge is 0.418 e. The second-order valence-electron chi connectivity index (χ2n) is 7.74. The van der Waals surface area contributed by atoms with Gasteiger partial charge < -0.3 is 9.88 Å². The number of anilines is 1. The number of amides is 1. The third kappa shape index (κ3) is 3.62. The number of benzene rings is 2. The Hall–Kier alpha value is -3.02. The van der Waals surface area contributed by atoms with Crippen molar-refractivity contribution in [3.63, 3.8) is 0 Å². The lowest BCUT2D eigenvalue weighted by atomic mass is 9.90. The number of carbonyl (C=O) groups is 1. The molecule has 1 N–H and O–H groups in total. The van der Waals surface area contributed by atoms with Gasteiger partial charge in [-0.1, -0.05) is 24.3 Å². The van der Waals surface area contributed by atoms with Gasteiger partial charge in [0.05, 0.1) is 16.8 Å². The van der Waals surface area contributed by atoms with E-state index in [0.717, 1.165) is 43.0 Å². The maximum Gasteiger partial charge on any atom is 0.418 e. The molecule has 1 aliphatic rings. The fraction of sp³-hybridized carbons (Fsp3) is 0.292. The Balaban J connectivity index is 1.71. The first-order valence-corrected chi connectivity index (χ1v) is 10.0. The van der Waals surface area contributed by atoms with Crippen LogP contribution in [0.5, 0.6) is 0 Å². The molecule has 0 unspecified atom stereocenters. The van der Waals surface area contributed by atoms with Crippen LogP contribution in [0.2, 0.25) is 0 Å². The van der Waals surface area contributed by atoms with Crippen molar-refractivity contribution in [3.05, 3.63) is 82.2 Å². The summed E-state index contributed by atoms with van der Waals surface area (Å²) in [5, 5.41) is 2.99. The highest BCUT2D eigenvalue weighted by atomic mass is 19.4. The summed E-state index contributed by atoms with van der Waals surface area (Å²) in [4.78, 5) is 13.1. The Morgan fingerprint density at radius 2 is 1.73 bits per heavy atom. The first kappa shape index (κ1) is 20.3. The molecule has 1 aromatic heterocycles. The predicted octanol–water partition coefficient (Wildman–Crippen LogP) is 6.24. The Kier molecular flexibility index (Phi) is 5.18. The van der Waals surface area contributed by atoms with Crippen molar-refractivity contribution in [3.8, 4) is 5.69 Å². The molecule has 3 aromatic rings. The zero-order valence-corrected chi connectivity index (χ0v) is 16.9. The average Bonchev–Trinajstić information content (AvgIpc) is 3.01. The smallest absolute Gasteiger partial charge is 0.322 e. The van der Waals surface area contributed by atoms with Gasteiger partial charge >= 0.3 is 6.18 Å². The predicted molar refractivity (Wildman–Crippen MR) is 111 cm³/mol. The van der Waals surface area contributed by atoms with Gasteiger partial charge in [0.2, 0.25) is 0 Å². The highest BCUT2D eigenvalue weighted by Crippen LogP contribution is 2.35. The van der Waals surface area contributed by atoms with Gasteiger partial charge in [-0.2, -0.15) is 13.2 Å². The number of fused-ring (bicyclic) bond motifs is 1. The summed E-state index contributed by atoms with van der Waals surface area (Å²) in [6.07, 6.45) is -0.330. The van der Waals surface area contributed by atoms with E-state index in [1.165, 1.54) is 22.3 Å². The van der Waals surface area contributed by atoms with Crippen molar-refractivity contribution in [1.29, 1.82) is 0 Å². The van der Waals surface area contributed by atoms with Gasteiger partial charge in [0, 0.05) is 17.1 Å². The molecule has 0 atom stereocenters. The molecule has 0 bridgehead atoms. The first-order valence-electron chi connectivity index (χ1n) is 10.0. The molecule has 0 saturated carbocycles. The quantitative estimate of drug-likeness (QED) is 0.543. The molecule has 1 aliphatic carbocycles. The Morgan fingerprint density at radius 1 is 1.00 bits per heavy atom. The van der Waals surface area contributed by atoms with Crippen LogP contribution in [-0.2, 0) is 19.0 Å². The number of hydrogen-bond acceptors (Lipinski definition) is 1. The molecule has 0 fully saturated rings. The third-order valence-corrected chi connectivity index (χ3v) is 5.77. The van der Waals surface area contributed by atoms with E-state index in [2.05, 4.69) is 11.4 Å². The van der Waals surface area contributed by atoms with Crippen LogP contribution in [0.4, 0.5) is 18.9 Å². The van der Waals surface area contributed by atoms with Crippen LogP contribution in [0.15, 0.2) is 48.5 Å². The van der Waals surface area contributed by atoms with Crippen molar-refractivity contribution in [2.24, 2.45) is 0 Å². The summed E-state index contributed by atoms with van der Waals surface area (Å²) in [6.45, 7) is 3.39. The monoisotopic (exact) mass is 412 g/mol. The standard InChI is InChI=1S/C24H23F3N2O/c1-15-14-19(16(2)29(15)22-13-6-5-11-20(22)24(25,26)27)23(30)28-21-12-7-9-17-8-3-4-10-18(17)21/h5-7,9,11-14H,3-4,8,10H2,1-2H3,(H,28,30). The Morgan fingerprint density at radius 3 is 2.50 bits per heavy atom. The summed E-state index contributed by atoms with van der Waals surface area (Å²) in [6, 6.07) is 13.0. The number of aryl methyl sites for hydroxylation is 2. The number of nitrogens with zero attached hydrogens (tertiary/aromatic N) is 1. The Bertz CT molecular complexity index is 1110. The van der Waals surface area contributed by atoms with Crippen molar-refractivity contribution in [1.82, 2.24) is 4.57 Å². The topological polar surface area (TPSA) is 34.0 Å². The van der Waals surface area contributed by atoms with Crippen LogP contribution < -0.4 is 5.32 Å². The second-order valence-corrected chi connectivity index (χ2v) is 7.74. The maximum absolute atomic E-state index is 13.5. The molecule has 1 amide bonds. The van der Waals surface area contributed by atoms with Gasteiger partial charge in [-0.05, 0) is 74.9 Å². The van der Waals surface area contributed by atoms with Crippen LogP contribution in [-0.4, -0.2) is 10.5 Å². The minimum absolute atomic E-state index is 0.0242. The van der Waals surface area contributed by atoms with E-state index in [1.807, 2.05) is 12.1 Å². The SMILES string of the molecule is Cc1cc(C(=O)Nc2cccc3c2CCCC3)c(C)n1-c1ccccc1C(F)(F)F. The van der Waals surface area contributed by atoms with E-state index < -0.39 is 11.7 Å². The minimum atomic E-state index is -4.48. The fourth-order valence-corrected chi connectivity index (χ4v) is 4.36. The van der Waals surface area contributed by atoms with Crippen LogP contribution in [0.25, 0.3) is 5.69 Å². The molecule has 156 valence electrons. The molecule has 3 nitrogen and oxygen atoms in total. The van der Waals surface area contributed by atoms with Crippen LogP contribution in [0.3, 0.4) is 0 Å². The molecule has 4 rings (SSSR count). The molecule has 0 radical (unpaired) electrons. The molecule has 0 aliphatic heterocycles. The van der Waals surface area contributed by atoms with Crippen molar-refractivity contribution in [2.75, 3.05) is 5.32 Å². The van der Waals surface area contributed by atoms with Gasteiger partial charge in [-0.3, -0.25) is 4.79 Å². The molecule has 0 spiro atoms. The zero-order chi connectivity index (χ0) is 21.5. The van der Waals surface area contributed by atoms with Gasteiger partial charge in [0.25, 0.3) is 5.91 Å². The summed E-state index contributed by atoms with van der Waals surface area (Å²) in [5.41, 5.74) is 3.93. The van der Waals surface area contributed by atoms with E-state index in [1.54, 1.807) is 26.0 Å². The average molecular weight is 412 g/mol. The number of para-hydroxylation sites is 1. The summed E-state index contributed by atoms with van der Waals surface area (Å²) >= 11 is 0. The van der Waals surface area contributed by atoms with E-state index in [9.17, 15) is 18.0 Å². The van der Waals surface area contributed by atoms with E-state index in [0.29, 0.717) is 17.0 Å². The van der Waals surface area contributed by atoms with E-state index >= 15 is 0 Å².